The van der Waals surface area contributed by atoms with E-state index in [0.717, 1.165) is 0 Å². The van der Waals surface area contributed by atoms with Crippen molar-refractivity contribution in [3.63, 3.8) is 0 Å². The predicted octanol–water partition coefficient (Wildman–Crippen LogP) is -0.0744. The van der Waals surface area contributed by atoms with Crippen LogP contribution >= 0.6 is 0 Å². The Kier molecular flexibility index (Phi) is 2.23. The van der Waals surface area contributed by atoms with Crippen molar-refractivity contribution >= 4 is 11.9 Å². The molecule has 1 aromatic rings. The molecule has 1 rings (SSSR count). The highest BCUT2D eigenvalue weighted by atomic mass is 16.1. The highest BCUT2D eigenvalue weighted by molar-refractivity contribution is 5.93. The Hall–Kier alpha value is -1.65. The minimum Gasteiger partial charge on any atom is -0.365 e. The number of hydrogen-bond acceptors (Lipinski definition) is 4. The van der Waals surface area contributed by atoms with E-state index >= 15 is 0 Å². The molecule has 12 heavy (non-hydrogen) atoms. The molecule has 5 heteroatoms. The number of nitrogens with zero attached hydrogens (tertiary/aromatic N) is 2. The second-order valence-corrected chi connectivity index (χ2v) is 2.31. The summed E-state index contributed by atoms with van der Waals surface area (Å²) in [7, 11) is 1.71. The van der Waals surface area contributed by atoms with Gasteiger partial charge in [-0.25, -0.2) is 9.97 Å². The Labute approximate surface area is 70.0 Å². The van der Waals surface area contributed by atoms with Crippen molar-refractivity contribution in [3.8, 4) is 0 Å². The first-order chi connectivity index (χ1) is 5.65. The molecule has 0 aromatic carbocycles. The van der Waals surface area contributed by atoms with Crippen molar-refractivity contribution in [2.75, 3.05) is 12.4 Å². The molecule has 0 unspecified atom stereocenters. The third kappa shape index (κ3) is 1.50. The number of nitrogens with one attached hydrogen (secondary N) is 1. The van der Waals surface area contributed by atoms with E-state index in [-0.39, 0.29) is 0 Å². The van der Waals surface area contributed by atoms with Crippen LogP contribution in [-0.2, 0) is 0 Å². The smallest absolute Gasteiger partial charge is 0.252 e. The molecule has 0 spiro atoms. The minimum atomic E-state index is -0.504. The summed E-state index contributed by atoms with van der Waals surface area (Å²) in [6.45, 7) is 1.71. The van der Waals surface area contributed by atoms with Gasteiger partial charge in [-0.05, 0) is 6.92 Å². The van der Waals surface area contributed by atoms with Crippen LogP contribution in [0, 0.1) is 6.92 Å². The zero-order valence-electron chi connectivity index (χ0n) is 6.96. The van der Waals surface area contributed by atoms with Gasteiger partial charge in [-0.15, -0.1) is 0 Å². The fraction of sp³-hybridized carbons (Fsp3) is 0.286. The molecule has 64 valence electrons. The zero-order valence-corrected chi connectivity index (χ0v) is 6.96. The molecule has 1 heterocycles. The fourth-order valence-corrected chi connectivity index (χ4v) is 0.829. The lowest BCUT2D eigenvalue weighted by Gasteiger charge is -2.02. The Bertz CT molecular complexity index is 310. The van der Waals surface area contributed by atoms with Crippen LogP contribution in [0.4, 0.5) is 5.95 Å². The molecule has 0 saturated carbocycles. The summed E-state index contributed by atoms with van der Waals surface area (Å²) in [4.78, 5) is 18.6. The van der Waals surface area contributed by atoms with Gasteiger partial charge in [0.05, 0.1) is 11.3 Å². The van der Waals surface area contributed by atoms with E-state index in [2.05, 4.69) is 15.3 Å². The molecule has 0 saturated heterocycles. The molecule has 0 aliphatic heterocycles. The largest absolute Gasteiger partial charge is 0.365 e. The van der Waals surface area contributed by atoms with E-state index < -0.39 is 5.91 Å². The number of anilines is 1. The van der Waals surface area contributed by atoms with Crippen LogP contribution in [-0.4, -0.2) is 22.9 Å². The summed E-state index contributed by atoms with van der Waals surface area (Å²) < 4.78 is 0. The summed E-state index contributed by atoms with van der Waals surface area (Å²) in [5.74, 6) is -0.0207. The number of hydrogen-bond donors (Lipinski definition) is 2. The third-order valence-electron chi connectivity index (χ3n) is 1.47. The number of carbonyl (C=O) groups is 1. The Balaban J connectivity index is 3.12. The second-order valence-electron chi connectivity index (χ2n) is 2.31. The van der Waals surface area contributed by atoms with Crippen molar-refractivity contribution in [1.29, 1.82) is 0 Å². The third-order valence-corrected chi connectivity index (χ3v) is 1.47. The minimum absolute atomic E-state index is 0.356. The van der Waals surface area contributed by atoms with Crippen LogP contribution in [0.5, 0.6) is 0 Å². The first-order valence-electron chi connectivity index (χ1n) is 3.46. The van der Waals surface area contributed by atoms with Crippen LogP contribution in [0.25, 0.3) is 0 Å². The van der Waals surface area contributed by atoms with Gasteiger partial charge in [0.2, 0.25) is 5.95 Å². The number of amides is 1. The SMILES string of the molecule is CNc1ncc(C(N)=O)c(C)n1. The standard InChI is InChI=1S/C7H10N4O/c1-4-5(6(8)12)3-10-7(9-2)11-4/h3H,1-2H3,(H2,8,12)(H,9,10,11). The highest BCUT2D eigenvalue weighted by Gasteiger charge is 2.06. The number of aromatic nitrogens is 2. The van der Waals surface area contributed by atoms with Crippen molar-refractivity contribution < 1.29 is 4.79 Å². The predicted molar refractivity (Wildman–Crippen MR) is 44.8 cm³/mol. The summed E-state index contributed by atoms with van der Waals surface area (Å²) >= 11 is 0. The number of rotatable bonds is 2. The molecule has 0 atom stereocenters. The number of primary amides is 1. The molecule has 0 radical (unpaired) electrons. The maximum atomic E-state index is 10.7. The van der Waals surface area contributed by atoms with Crippen molar-refractivity contribution in [3.05, 3.63) is 17.5 Å². The molecular weight excluding hydrogens is 156 g/mol. The summed E-state index contributed by atoms with van der Waals surface area (Å²) in [6.07, 6.45) is 1.41. The average Bonchev–Trinajstić information content (AvgIpc) is 2.03. The van der Waals surface area contributed by atoms with Gasteiger partial charge in [-0.2, -0.15) is 0 Å². The number of nitrogens with two attached hydrogens (primary N) is 1. The fourth-order valence-electron chi connectivity index (χ4n) is 0.829. The van der Waals surface area contributed by atoms with Gasteiger partial charge in [0.25, 0.3) is 5.91 Å². The Morgan fingerprint density at radius 2 is 2.33 bits per heavy atom. The number of aryl methyl sites for hydroxylation is 1. The van der Waals surface area contributed by atoms with E-state index in [1.54, 1.807) is 14.0 Å². The molecule has 0 aliphatic rings. The van der Waals surface area contributed by atoms with Crippen molar-refractivity contribution in [2.45, 2.75) is 6.92 Å². The van der Waals surface area contributed by atoms with E-state index in [4.69, 9.17) is 5.73 Å². The monoisotopic (exact) mass is 166 g/mol. The van der Waals surface area contributed by atoms with Gasteiger partial charge in [0, 0.05) is 13.2 Å². The lowest BCUT2D eigenvalue weighted by molar-refractivity contribution is 0.0999. The molecule has 0 fully saturated rings. The van der Waals surface area contributed by atoms with E-state index in [1.165, 1.54) is 6.20 Å². The zero-order chi connectivity index (χ0) is 9.14. The molecule has 1 amide bonds. The van der Waals surface area contributed by atoms with E-state index in [9.17, 15) is 4.79 Å². The maximum Gasteiger partial charge on any atom is 0.252 e. The molecule has 5 nitrogen and oxygen atoms in total. The van der Waals surface area contributed by atoms with Crippen molar-refractivity contribution in [2.24, 2.45) is 5.73 Å². The van der Waals surface area contributed by atoms with E-state index in [0.29, 0.717) is 17.2 Å². The maximum absolute atomic E-state index is 10.7. The van der Waals surface area contributed by atoms with Gasteiger partial charge in [-0.3, -0.25) is 4.79 Å². The molecular formula is C7H10N4O. The summed E-state index contributed by atoms with van der Waals surface area (Å²) in [6, 6.07) is 0. The van der Waals surface area contributed by atoms with Crippen LogP contribution < -0.4 is 11.1 Å². The van der Waals surface area contributed by atoms with E-state index in [1.807, 2.05) is 0 Å². The van der Waals surface area contributed by atoms with Gasteiger partial charge < -0.3 is 11.1 Å². The van der Waals surface area contributed by atoms with Gasteiger partial charge in [-0.1, -0.05) is 0 Å². The quantitative estimate of drug-likeness (QED) is 0.644. The molecule has 0 bridgehead atoms. The lowest BCUT2D eigenvalue weighted by Crippen LogP contribution is -2.14. The van der Waals surface area contributed by atoms with Gasteiger partial charge >= 0.3 is 0 Å². The molecule has 1 aromatic heterocycles. The lowest BCUT2D eigenvalue weighted by atomic mass is 10.2. The summed E-state index contributed by atoms with van der Waals surface area (Å²) in [5.41, 5.74) is 6.01. The first-order valence-corrected chi connectivity index (χ1v) is 3.46. The molecule has 0 aliphatic carbocycles. The second kappa shape index (κ2) is 3.17. The highest BCUT2D eigenvalue weighted by Crippen LogP contribution is 2.04. The molecule has 3 N–H and O–H groups in total. The van der Waals surface area contributed by atoms with Crippen molar-refractivity contribution in [1.82, 2.24) is 9.97 Å². The summed E-state index contributed by atoms with van der Waals surface area (Å²) in [5, 5.41) is 2.76. The van der Waals surface area contributed by atoms with Crippen LogP contribution in [0.2, 0.25) is 0 Å². The normalized spacial score (nSPS) is 9.50. The van der Waals surface area contributed by atoms with Gasteiger partial charge in [0.1, 0.15) is 0 Å². The van der Waals surface area contributed by atoms with Crippen LogP contribution in [0.1, 0.15) is 16.1 Å². The Morgan fingerprint density at radius 1 is 1.67 bits per heavy atom. The average molecular weight is 166 g/mol. The Morgan fingerprint density at radius 3 is 2.75 bits per heavy atom. The van der Waals surface area contributed by atoms with Gasteiger partial charge in [0.15, 0.2) is 0 Å². The van der Waals surface area contributed by atoms with Crippen LogP contribution in [0.3, 0.4) is 0 Å². The number of carbonyl (C=O) groups excluding carboxylic acids is 1. The van der Waals surface area contributed by atoms with Crippen LogP contribution in [0.15, 0.2) is 6.20 Å². The topological polar surface area (TPSA) is 80.9 Å². The first kappa shape index (κ1) is 8.45.